The van der Waals surface area contributed by atoms with Crippen LogP contribution >= 0.6 is 0 Å². The predicted molar refractivity (Wildman–Crippen MR) is 53.2 cm³/mol. The number of hydrogen-bond donors (Lipinski definition) is 2. The molecular formula is C10H9F3N2O. The number of nitrogens with one attached hydrogen (secondary N) is 2. The number of hydrogen-bond acceptors (Lipinski definition) is 2. The van der Waals surface area contributed by atoms with E-state index in [4.69, 9.17) is 0 Å². The zero-order chi connectivity index (χ0) is 11.9. The molecule has 0 saturated carbocycles. The van der Waals surface area contributed by atoms with E-state index in [0.29, 0.717) is 11.4 Å². The Kier molecular flexibility index (Phi) is 2.29. The van der Waals surface area contributed by atoms with Gasteiger partial charge in [0.25, 0.3) is 0 Å². The molecular weight excluding hydrogens is 221 g/mol. The summed E-state index contributed by atoms with van der Waals surface area (Å²) in [6, 6.07) is 2.65. The van der Waals surface area contributed by atoms with Crippen molar-refractivity contribution in [2.45, 2.75) is 19.1 Å². The number of carbonyl (C=O) groups excluding carboxylic acids is 1. The highest BCUT2D eigenvalue weighted by Gasteiger charge is 2.32. The van der Waals surface area contributed by atoms with Gasteiger partial charge in [0.15, 0.2) is 0 Å². The lowest BCUT2D eigenvalue weighted by molar-refractivity contribution is -0.137. The molecule has 0 radical (unpaired) electrons. The van der Waals surface area contributed by atoms with Gasteiger partial charge in [-0.25, -0.2) is 0 Å². The van der Waals surface area contributed by atoms with Crippen LogP contribution < -0.4 is 10.6 Å². The maximum absolute atomic E-state index is 12.4. The van der Waals surface area contributed by atoms with Crippen molar-refractivity contribution in [3.05, 3.63) is 23.8 Å². The molecule has 1 aliphatic rings. The summed E-state index contributed by atoms with van der Waals surface area (Å²) in [5, 5.41) is 5.23. The lowest BCUT2D eigenvalue weighted by Crippen LogP contribution is -2.36. The van der Waals surface area contributed by atoms with E-state index in [-0.39, 0.29) is 5.91 Å². The normalized spacial score (nSPS) is 19.8. The summed E-state index contributed by atoms with van der Waals surface area (Å²) in [6.45, 7) is 1.58. The van der Waals surface area contributed by atoms with Crippen LogP contribution in [0.2, 0.25) is 0 Å². The molecule has 1 aromatic carbocycles. The molecule has 0 aromatic heterocycles. The van der Waals surface area contributed by atoms with Gasteiger partial charge >= 0.3 is 6.18 Å². The quantitative estimate of drug-likeness (QED) is 0.718. The number of amides is 1. The van der Waals surface area contributed by atoms with Crippen LogP contribution in [-0.4, -0.2) is 11.9 Å². The van der Waals surface area contributed by atoms with Crippen LogP contribution in [0.4, 0.5) is 24.5 Å². The molecule has 6 heteroatoms. The predicted octanol–water partition coefficient (Wildman–Crippen LogP) is 2.46. The van der Waals surface area contributed by atoms with Crippen LogP contribution in [0.1, 0.15) is 12.5 Å². The smallest absolute Gasteiger partial charge is 0.372 e. The molecule has 2 rings (SSSR count). The largest absolute Gasteiger partial charge is 0.416 e. The molecule has 1 amide bonds. The molecule has 2 N–H and O–H groups in total. The van der Waals surface area contributed by atoms with Crippen molar-refractivity contribution in [3.8, 4) is 0 Å². The first-order valence-corrected chi connectivity index (χ1v) is 4.66. The fraction of sp³-hybridized carbons (Fsp3) is 0.300. The number of rotatable bonds is 0. The molecule has 1 atom stereocenters. The minimum Gasteiger partial charge on any atom is -0.372 e. The third-order valence-electron chi connectivity index (χ3n) is 2.37. The van der Waals surface area contributed by atoms with E-state index in [1.807, 2.05) is 0 Å². The summed E-state index contributed by atoms with van der Waals surface area (Å²) in [5.41, 5.74) is -0.0693. The Bertz CT molecular complexity index is 442. The summed E-state index contributed by atoms with van der Waals surface area (Å²) in [5.74, 6) is -0.257. The highest BCUT2D eigenvalue weighted by Crippen LogP contribution is 2.35. The average molecular weight is 230 g/mol. The zero-order valence-corrected chi connectivity index (χ0v) is 8.35. The van der Waals surface area contributed by atoms with E-state index in [9.17, 15) is 18.0 Å². The number of fused-ring (bicyclic) bond motifs is 1. The van der Waals surface area contributed by atoms with Crippen LogP contribution in [0.3, 0.4) is 0 Å². The van der Waals surface area contributed by atoms with E-state index < -0.39 is 17.8 Å². The monoisotopic (exact) mass is 230 g/mol. The number of halogens is 3. The van der Waals surface area contributed by atoms with E-state index in [0.717, 1.165) is 12.1 Å². The topological polar surface area (TPSA) is 41.1 Å². The zero-order valence-electron chi connectivity index (χ0n) is 8.35. The Balaban J connectivity index is 2.40. The summed E-state index contributed by atoms with van der Waals surface area (Å²) >= 11 is 0. The third kappa shape index (κ3) is 1.82. The maximum atomic E-state index is 12.4. The van der Waals surface area contributed by atoms with Gasteiger partial charge in [0, 0.05) is 0 Å². The molecule has 0 spiro atoms. The molecule has 0 bridgehead atoms. The fourth-order valence-corrected chi connectivity index (χ4v) is 1.49. The summed E-state index contributed by atoms with van der Waals surface area (Å²) in [7, 11) is 0. The van der Waals surface area contributed by atoms with Crippen LogP contribution in [0.5, 0.6) is 0 Å². The average Bonchev–Trinajstić information content (AvgIpc) is 2.17. The van der Waals surface area contributed by atoms with Crippen molar-refractivity contribution in [3.63, 3.8) is 0 Å². The second-order valence-electron chi connectivity index (χ2n) is 3.61. The molecule has 86 valence electrons. The Morgan fingerprint density at radius 2 is 1.94 bits per heavy atom. The van der Waals surface area contributed by atoms with E-state index in [1.54, 1.807) is 6.92 Å². The van der Waals surface area contributed by atoms with Crippen molar-refractivity contribution in [2.24, 2.45) is 0 Å². The molecule has 1 heterocycles. The van der Waals surface area contributed by atoms with E-state index in [1.165, 1.54) is 6.07 Å². The Hall–Kier alpha value is -1.72. The molecule has 1 aliphatic heterocycles. The van der Waals surface area contributed by atoms with Gasteiger partial charge in [-0.15, -0.1) is 0 Å². The third-order valence-corrected chi connectivity index (χ3v) is 2.37. The Morgan fingerprint density at radius 1 is 1.25 bits per heavy atom. The molecule has 1 aromatic rings. The van der Waals surface area contributed by atoms with Gasteiger partial charge in [-0.1, -0.05) is 0 Å². The first-order valence-electron chi connectivity index (χ1n) is 4.66. The van der Waals surface area contributed by atoms with Crippen LogP contribution in [-0.2, 0) is 11.0 Å². The first kappa shape index (κ1) is 10.8. The van der Waals surface area contributed by atoms with Crippen LogP contribution in [0, 0.1) is 0 Å². The Labute approximate surface area is 89.6 Å². The van der Waals surface area contributed by atoms with E-state index in [2.05, 4.69) is 10.6 Å². The van der Waals surface area contributed by atoms with Crippen molar-refractivity contribution >= 4 is 17.3 Å². The van der Waals surface area contributed by atoms with Crippen molar-refractivity contribution in [1.82, 2.24) is 0 Å². The summed E-state index contributed by atoms with van der Waals surface area (Å²) in [6.07, 6.45) is -4.37. The van der Waals surface area contributed by atoms with E-state index >= 15 is 0 Å². The van der Waals surface area contributed by atoms with Gasteiger partial charge < -0.3 is 10.6 Å². The molecule has 0 fully saturated rings. The summed E-state index contributed by atoms with van der Waals surface area (Å²) in [4.78, 5) is 11.2. The lowest BCUT2D eigenvalue weighted by Gasteiger charge is -2.24. The standard InChI is InChI=1S/C10H9F3N2O/c1-5-9(16)15-7-3-2-6(10(11,12)13)4-8(7)14-5/h2-5,14H,1H3,(H,15,16). The van der Waals surface area contributed by atoms with Crippen molar-refractivity contribution < 1.29 is 18.0 Å². The molecule has 0 aliphatic carbocycles. The minimum atomic E-state index is -4.37. The second kappa shape index (κ2) is 3.40. The highest BCUT2D eigenvalue weighted by molar-refractivity contribution is 6.02. The molecule has 1 unspecified atom stereocenters. The highest BCUT2D eigenvalue weighted by atomic mass is 19.4. The van der Waals surface area contributed by atoms with Crippen molar-refractivity contribution in [1.29, 1.82) is 0 Å². The summed E-state index contributed by atoms with van der Waals surface area (Å²) < 4.78 is 37.2. The minimum absolute atomic E-state index is 0.257. The fourth-order valence-electron chi connectivity index (χ4n) is 1.49. The number of benzene rings is 1. The van der Waals surface area contributed by atoms with Gasteiger partial charge in [-0.05, 0) is 25.1 Å². The van der Waals surface area contributed by atoms with Gasteiger partial charge in [-0.2, -0.15) is 13.2 Å². The Morgan fingerprint density at radius 3 is 2.56 bits per heavy atom. The van der Waals surface area contributed by atoms with Crippen LogP contribution in [0.15, 0.2) is 18.2 Å². The number of alkyl halides is 3. The lowest BCUT2D eigenvalue weighted by atomic mass is 10.1. The van der Waals surface area contributed by atoms with Gasteiger partial charge in [0.1, 0.15) is 6.04 Å². The molecule has 16 heavy (non-hydrogen) atoms. The van der Waals surface area contributed by atoms with Crippen molar-refractivity contribution in [2.75, 3.05) is 10.6 Å². The molecule has 0 saturated heterocycles. The van der Waals surface area contributed by atoms with Gasteiger partial charge in [-0.3, -0.25) is 4.79 Å². The maximum Gasteiger partial charge on any atom is 0.416 e. The van der Waals surface area contributed by atoms with Crippen LogP contribution in [0.25, 0.3) is 0 Å². The second-order valence-corrected chi connectivity index (χ2v) is 3.61. The first-order chi connectivity index (χ1) is 7.38. The number of anilines is 2. The van der Waals surface area contributed by atoms with Gasteiger partial charge in [0.05, 0.1) is 16.9 Å². The van der Waals surface area contributed by atoms with Gasteiger partial charge in [0.2, 0.25) is 5.91 Å². The SMILES string of the molecule is CC1Nc2cc(C(F)(F)F)ccc2NC1=O. The molecule has 3 nitrogen and oxygen atoms in total. The number of carbonyl (C=O) groups is 1.